The van der Waals surface area contributed by atoms with Gasteiger partial charge in [0.05, 0.1) is 139 Å². The third-order valence-electron chi connectivity index (χ3n) is 6.00. The molecule has 0 amide bonds. The minimum absolute atomic E-state index is 0.200. The average Bonchev–Trinajstić information content (AvgIpc) is 3.07. The lowest BCUT2D eigenvalue weighted by Crippen LogP contribution is -2.15. The van der Waals surface area contributed by atoms with Crippen LogP contribution < -0.4 is 0 Å². The lowest BCUT2D eigenvalue weighted by molar-refractivity contribution is -0.139. The largest absolute Gasteiger partial charge is 0.460 e. The summed E-state index contributed by atoms with van der Waals surface area (Å²) in [7, 11) is 0. The first kappa shape index (κ1) is 44.8. The van der Waals surface area contributed by atoms with Crippen LogP contribution in [0.15, 0.2) is 12.7 Å². The number of carbonyl (C=O) groups is 1. The Kier molecular flexibility index (Phi) is 40.7. The Bertz CT molecular complexity index is 598. The standard InChI is InChI=1S/C33H64O13/c1-3-5-6-7-8-9-10-35-11-12-36-13-14-37-15-16-38-17-18-39-19-20-40-21-22-41-23-24-42-25-26-43-27-28-44-29-30-45-31-32-46-33(34)4-2/h4H,2-3,5-32H2,1H3. The maximum absolute atomic E-state index is 10.8. The van der Waals surface area contributed by atoms with Crippen molar-refractivity contribution in [1.29, 1.82) is 0 Å². The Morgan fingerprint density at radius 1 is 0.370 bits per heavy atom. The highest BCUT2D eigenvalue weighted by Crippen LogP contribution is 2.04. The first-order chi connectivity index (χ1) is 22.8. The van der Waals surface area contributed by atoms with Crippen LogP contribution in [-0.4, -0.2) is 158 Å². The summed E-state index contributed by atoms with van der Waals surface area (Å²) in [5.41, 5.74) is 0. The van der Waals surface area contributed by atoms with Gasteiger partial charge in [0.15, 0.2) is 0 Å². The molecular weight excluding hydrogens is 604 g/mol. The van der Waals surface area contributed by atoms with Gasteiger partial charge in [-0.3, -0.25) is 0 Å². The van der Waals surface area contributed by atoms with Crippen molar-refractivity contribution in [3.63, 3.8) is 0 Å². The van der Waals surface area contributed by atoms with Gasteiger partial charge in [0.1, 0.15) is 6.61 Å². The van der Waals surface area contributed by atoms with E-state index >= 15 is 0 Å². The van der Waals surface area contributed by atoms with Crippen molar-refractivity contribution in [2.24, 2.45) is 0 Å². The van der Waals surface area contributed by atoms with Crippen molar-refractivity contribution in [3.05, 3.63) is 12.7 Å². The highest BCUT2D eigenvalue weighted by molar-refractivity contribution is 5.81. The highest BCUT2D eigenvalue weighted by Gasteiger charge is 1.98. The molecule has 0 atom stereocenters. The molecule has 0 aliphatic carbocycles. The van der Waals surface area contributed by atoms with Crippen molar-refractivity contribution in [2.75, 3.05) is 152 Å². The zero-order valence-corrected chi connectivity index (χ0v) is 28.6. The van der Waals surface area contributed by atoms with Crippen molar-refractivity contribution in [3.8, 4) is 0 Å². The summed E-state index contributed by atoms with van der Waals surface area (Å²) in [5.74, 6) is -0.457. The van der Waals surface area contributed by atoms with Gasteiger partial charge in [-0.25, -0.2) is 4.79 Å². The van der Waals surface area contributed by atoms with Gasteiger partial charge in [0.25, 0.3) is 0 Å². The van der Waals surface area contributed by atoms with E-state index in [1.807, 2.05) is 0 Å². The summed E-state index contributed by atoms with van der Waals surface area (Å²) < 4.78 is 64.8. The Hall–Kier alpha value is -1.23. The maximum Gasteiger partial charge on any atom is 0.330 e. The molecule has 0 rings (SSSR count). The third kappa shape index (κ3) is 40.8. The topological polar surface area (TPSA) is 128 Å². The Morgan fingerprint density at radius 2 is 0.609 bits per heavy atom. The predicted octanol–water partition coefficient (Wildman–Crippen LogP) is 3.26. The lowest BCUT2D eigenvalue weighted by Gasteiger charge is -2.09. The number of ether oxygens (including phenoxy) is 12. The van der Waals surface area contributed by atoms with Crippen LogP contribution in [0, 0.1) is 0 Å². The molecule has 0 bridgehead atoms. The van der Waals surface area contributed by atoms with Gasteiger partial charge in [0.2, 0.25) is 0 Å². The first-order valence-corrected chi connectivity index (χ1v) is 17.0. The van der Waals surface area contributed by atoms with Gasteiger partial charge in [-0.15, -0.1) is 0 Å². The normalized spacial score (nSPS) is 11.3. The fourth-order valence-corrected chi connectivity index (χ4v) is 3.55. The molecule has 13 nitrogen and oxygen atoms in total. The number of carbonyl (C=O) groups excluding carboxylic acids is 1. The van der Waals surface area contributed by atoms with Crippen LogP contribution in [0.1, 0.15) is 45.4 Å². The second-order valence-corrected chi connectivity index (χ2v) is 9.88. The van der Waals surface area contributed by atoms with Gasteiger partial charge in [-0.1, -0.05) is 45.6 Å². The fourth-order valence-electron chi connectivity index (χ4n) is 3.55. The molecular formula is C33H64O13. The van der Waals surface area contributed by atoms with E-state index in [0.29, 0.717) is 139 Å². The van der Waals surface area contributed by atoms with Crippen molar-refractivity contribution >= 4 is 5.97 Å². The molecule has 0 aliphatic heterocycles. The molecule has 0 heterocycles. The SMILES string of the molecule is C=CC(=O)OCCOCCOCCOCCOCCOCCOCCOCCOCCOCCOCCOCCCCCCCC. The van der Waals surface area contributed by atoms with Crippen LogP contribution in [0.25, 0.3) is 0 Å². The number of esters is 1. The molecule has 0 N–H and O–H groups in total. The number of unbranched alkanes of at least 4 members (excludes halogenated alkanes) is 5. The predicted molar refractivity (Wildman–Crippen MR) is 174 cm³/mol. The van der Waals surface area contributed by atoms with Gasteiger partial charge in [0, 0.05) is 12.7 Å². The molecule has 274 valence electrons. The van der Waals surface area contributed by atoms with Crippen LogP contribution in [0.3, 0.4) is 0 Å². The minimum Gasteiger partial charge on any atom is -0.460 e. The fraction of sp³-hybridized carbons (Fsp3) is 0.909. The van der Waals surface area contributed by atoms with Crippen LogP contribution in [0.5, 0.6) is 0 Å². The summed E-state index contributed by atoms with van der Waals surface area (Å²) in [4.78, 5) is 10.8. The zero-order chi connectivity index (χ0) is 33.3. The summed E-state index contributed by atoms with van der Waals surface area (Å²) in [6.45, 7) is 17.2. The first-order valence-electron chi connectivity index (χ1n) is 17.0. The van der Waals surface area contributed by atoms with E-state index in [1.54, 1.807) is 0 Å². The van der Waals surface area contributed by atoms with E-state index < -0.39 is 5.97 Å². The monoisotopic (exact) mass is 668 g/mol. The van der Waals surface area contributed by atoms with Gasteiger partial charge < -0.3 is 56.8 Å². The summed E-state index contributed by atoms with van der Waals surface area (Å²) in [5, 5.41) is 0. The summed E-state index contributed by atoms with van der Waals surface area (Å²) in [6.07, 6.45) is 8.78. The van der Waals surface area contributed by atoms with Crippen LogP contribution in [0.4, 0.5) is 0 Å². The highest BCUT2D eigenvalue weighted by atomic mass is 16.6. The summed E-state index contributed by atoms with van der Waals surface area (Å²) in [6, 6.07) is 0. The van der Waals surface area contributed by atoms with Crippen molar-refractivity contribution in [2.45, 2.75) is 45.4 Å². The molecule has 0 spiro atoms. The van der Waals surface area contributed by atoms with E-state index in [4.69, 9.17) is 56.8 Å². The van der Waals surface area contributed by atoms with Crippen molar-refractivity contribution < 1.29 is 61.6 Å². The smallest absolute Gasteiger partial charge is 0.330 e. The molecule has 0 aromatic carbocycles. The molecule has 0 unspecified atom stereocenters. The number of hydrogen-bond acceptors (Lipinski definition) is 13. The molecule has 0 saturated carbocycles. The van der Waals surface area contributed by atoms with E-state index in [1.165, 1.54) is 32.1 Å². The van der Waals surface area contributed by atoms with E-state index in [-0.39, 0.29) is 6.61 Å². The molecule has 13 heteroatoms. The maximum atomic E-state index is 10.8. The lowest BCUT2D eigenvalue weighted by atomic mass is 10.1. The second-order valence-electron chi connectivity index (χ2n) is 9.88. The Labute approximate surface area is 277 Å². The zero-order valence-electron chi connectivity index (χ0n) is 28.6. The Balaban J connectivity index is 3.05. The second kappa shape index (κ2) is 41.8. The average molecular weight is 669 g/mol. The molecule has 46 heavy (non-hydrogen) atoms. The molecule has 0 radical (unpaired) electrons. The quantitative estimate of drug-likeness (QED) is 0.0538. The van der Waals surface area contributed by atoms with E-state index in [2.05, 4.69) is 13.5 Å². The van der Waals surface area contributed by atoms with E-state index in [0.717, 1.165) is 19.1 Å². The van der Waals surface area contributed by atoms with Crippen LogP contribution in [0.2, 0.25) is 0 Å². The number of rotatable bonds is 41. The van der Waals surface area contributed by atoms with Crippen LogP contribution in [-0.2, 0) is 61.6 Å². The van der Waals surface area contributed by atoms with E-state index in [9.17, 15) is 4.79 Å². The van der Waals surface area contributed by atoms with Crippen molar-refractivity contribution in [1.82, 2.24) is 0 Å². The third-order valence-corrected chi connectivity index (χ3v) is 6.00. The minimum atomic E-state index is -0.457. The molecule has 0 fully saturated rings. The summed E-state index contributed by atoms with van der Waals surface area (Å²) >= 11 is 0. The molecule has 0 aromatic heterocycles. The Morgan fingerprint density at radius 3 is 0.891 bits per heavy atom. The van der Waals surface area contributed by atoms with Crippen LogP contribution >= 0.6 is 0 Å². The van der Waals surface area contributed by atoms with Gasteiger partial charge >= 0.3 is 5.97 Å². The molecule has 0 saturated heterocycles. The van der Waals surface area contributed by atoms with Gasteiger partial charge in [-0.05, 0) is 6.42 Å². The number of hydrogen-bond donors (Lipinski definition) is 0. The molecule has 0 aromatic rings. The van der Waals surface area contributed by atoms with Gasteiger partial charge in [-0.2, -0.15) is 0 Å². The molecule has 0 aliphatic rings.